The minimum absolute atomic E-state index is 0.133. The molecule has 2 rings (SSSR count). The van der Waals surface area contributed by atoms with Crippen LogP contribution in [0.25, 0.3) is 0 Å². The first kappa shape index (κ1) is 15.1. The molecule has 0 bridgehead atoms. The van der Waals surface area contributed by atoms with E-state index in [0.29, 0.717) is 30.5 Å². The minimum atomic E-state index is -0.320. The van der Waals surface area contributed by atoms with Crippen molar-refractivity contribution in [1.29, 1.82) is 0 Å². The normalized spacial score (nSPS) is 16.4. The number of halogens is 1. The van der Waals surface area contributed by atoms with E-state index in [-0.39, 0.29) is 11.3 Å². The summed E-state index contributed by atoms with van der Waals surface area (Å²) in [6.07, 6.45) is 2.89. The lowest BCUT2D eigenvalue weighted by molar-refractivity contribution is -0.145. The molecule has 5 heteroatoms. The van der Waals surface area contributed by atoms with E-state index in [1.165, 1.54) is 0 Å². The van der Waals surface area contributed by atoms with E-state index in [4.69, 9.17) is 22.1 Å². The summed E-state index contributed by atoms with van der Waals surface area (Å²) in [7, 11) is 1.80. The summed E-state index contributed by atoms with van der Waals surface area (Å²) in [6, 6.07) is 7.32. The van der Waals surface area contributed by atoms with Crippen molar-refractivity contribution in [1.82, 2.24) is 4.90 Å². The molecule has 0 aromatic heterocycles. The average molecular weight is 297 g/mol. The molecule has 20 heavy (non-hydrogen) atoms. The van der Waals surface area contributed by atoms with Crippen LogP contribution >= 0.6 is 11.6 Å². The van der Waals surface area contributed by atoms with Crippen LogP contribution in [0.2, 0.25) is 5.02 Å². The van der Waals surface area contributed by atoms with Gasteiger partial charge in [0.25, 0.3) is 0 Å². The number of likely N-dealkylation sites (N-methyl/N-ethyl adjacent to an activating group) is 1. The van der Waals surface area contributed by atoms with Crippen molar-refractivity contribution in [3.8, 4) is 5.75 Å². The molecule has 0 aliphatic heterocycles. The maximum absolute atomic E-state index is 12.4. The number of carbonyl (C=O) groups excluding carboxylic acids is 1. The number of nitrogens with two attached hydrogens (primary N) is 1. The second-order valence-corrected chi connectivity index (χ2v) is 5.75. The monoisotopic (exact) mass is 296 g/mol. The van der Waals surface area contributed by atoms with E-state index in [1.54, 1.807) is 18.0 Å². The van der Waals surface area contributed by atoms with E-state index in [9.17, 15) is 4.79 Å². The van der Waals surface area contributed by atoms with Gasteiger partial charge in [0, 0.05) is 13.6 Å². The maximum atomic E-state index is 12.4. The second kappa shape index (κ2) is 6.46. The molecular formula is C15H21ClN2O2. The topological polar surface area (TPSA) is 55.6 Å². The summed E-state index contributed by atoms with van der Waals surface area (Å²) in [5.41, 5.74) is 5.43. The van der Waals surface area contributed by atoms with Crippen molar-refractivity contribution in [2.75, 3.05) is 26.7 Å². The Labute approximate surface area is 124 Å². The molecule has 1 aromatic rings. The predicted molar refractivity (Wildman–Crippen MR) is 79.9 cm³/mol. The van der Waals surface area contributed by atoms with Gasteiger partial charge >= 0.3 is 0 Å². The number of nitrogens with zero attached hydrogens (tertiary/aromatic N) is 1. The van der Waals surface area contributed by atoms with Crippen molar-refractivity contribution in [2.45, 2.75) is 19.3 Å². The third-order valence-electron chi connectivity index (χ3n) is 4.02. The Morgan fingerprint density at radius 1 is 1.45 bits per heavy atom. The molecule has 4 nitrogen and oxygen atoms in total. The summed E-state index contributed by atoms with van der Waals surface area (Å²) in [4.78, 5) is 14.1. The standard InChI is InChI=1S/C15H21ClN2O2/c1-18(14(19)15(11-17)7-4-8-15)9-10-20-13-6-3-2-5-12(13)16/h2-3,5-6H,4,7-11,17H2,1H3. The fourth-order valence-corrected chi connectivity index (χ4v) is 2.66. The smallest absolute Gasteiger partial charge is 0.229 e. The number of carbonyl (C=O) groups is 1. The Hall–Kier alpha value is -1.26. The van der Waals surface area contributed by atoms with Gasteiger partial charge < -0.3 is 15.4 Å². The lowest BCUT2D eigenvalue weighted by atomic mass is 9.68. The van der Waals surface area contributed by atoms with Gasteiger partial charge in [0.1, 0.15) is 12.4 Å². The number of ether oxygens (including phenoxy) is 1. The highest BCUT2D eigenvalue weighted by atomic mass is 35.5. The van der Waals surface area contributed by atoms with Crippen molar-refractivity contribution in [2.24, 2.45) is 11.1 Å². The van der Waals surface area contributed by atoms with Crippen LogP contribution in [0, 0.1) is 5.41 Å². The van der Waals surface area contributed by atoms with Gasteiger partial charge in [-0.25, -0.2) is 0 Å². The summed E-state index contributed by atoms with van der Waals surface area (Å²) < 4.78 is 5.60. The molecule has 1 aromatic carbocycles. The van der Waals surface area contributed by atoms with Crippen molar-refractivity contribution in [3.63, 3.8) is 0 Å². The van der Waals surface area contributed by atoms with Crippen LogP contribution in [0.5, 0.6) is 5.75 Å². The largest absolute Gasteiger partial charge is 0.490 e. The molecule has 0 heterocycles. The fraction of sp³-hybridized carbons (Fsp3) is 0.533. The molecule has 110 valence electrons. The molecule has 0 radical (unpaired) electrons. The van der Waals surface area contributed by atoms with Crippen LogP contribution in [0.1, 0.15) is 19.3 Å². The first-order valence-electron chi connectivity index (χ1n) is 6.92. The van der Waals surface area contributed by atoms with E-state index < -0.39 is 0 Å². The van der Waals surface area contributed by atoms with E-state index in [0.717, 1.165) is 19.3 Å². The molecule has 0 unspecified atom stereocenters. The molecule has 1 amide bonds. The zero-order valence-electron chi connectivity index (χ0n) is 11.8. The molecule has 0 atom stereocenters. The van der Waals surface area contributed by atoms with Crippen LogP contribution in [0.4, 0.5) is 0 Å². The van der Waals surface area contributed by atoms with Crippen LogP contribution in [0.3, 0.4) is 0 Å². The number of benzene rings is 1. The Morgan fingerprint density at radius 2 is 2.15 bits per heavy atom. The van der Waals surface area contributed by atoms with Crippen LogP contribution in [-0.4, -0.2) is 37.6 Å². The first-order valence-corrected chi connectivity index (χ1v) is 7.30. The molecule has 0 spiro atoms. The van der Waals surface area contributed by atoms with Gasteiger partial charge in [-0.15, -0.1) is 0 Å². The average Bonchev–Trinajstić information content (AvgIpc) is 2.40. The molecular weight excluding hydrogens is 276 g/mol. The molecule has 2 N–H and O–H groups in total. The lowest BCUT2D eigenvalue weighted by Crippen LogP contribution is -2.51. The first-order chi connectivity index (χ1) is 9.59. The van der Waals surface area contributed by atoms with Crippen molar-refractivity contribution < 1.29 is 9.53 Å². The Balaban J connectivity index is 1.82. The number of para-hydroxylation sites is 1. The van der Waals surface area contributed by atoms with Gasteiger partial charge in [0.15, 0.2) is 0 Å². The summed E-state index contributed by atoms with van der Waals surface area (Å²) in [5, 5.41) is 0.582. The highest BCUT2D eigenvalue weighted by Crippen LogP contribution is 2.41. The van der Waals surface area contributed by atoms with Crippen LogP contribution in [0.15, 0.2) is 24.3 Å². The van der Waals surface area contributed by atoms with E-state index in [1.807, 2.05) is 18.2 Å². The Bertz CT molecular complexity index is 469. The highest BCUT2D eigenvalue weighted by Gasteiger charge is 2.44. The zero-order valence-corrected chi connectivity index (χ0v) is 12.5. The number of amides is 1. The van der Waals surface area contributed by atoms with Crippen molar-refractivity contribution >= 4 is 17.5 Å². The molecule has 0 saturated heterocycles. The lowest BCUT2D eigenvalue weighted by Gasteiger charge is -2.41. The molecule has 1 saturated carbocycles. The number of hydrogen-bond acceptors (Lipinski definition) is 3. The van der Waals surface area contributed by atoms with Gasteiger partial charge in [-0.3, -0.25) is 4.79 Å². The van der Waals surface area contributed by atoms with E-state index in [2.05, 4.69) is 0 Å². The number of hydrogen-bond donors (Lipinski definition) is 1. The van der Waals surface area contributed by atoms with Gasteiger partial charge in [0.2, 0.25) is 5.91 Å². The third kappa shape index (κ3) is 3.07. The minimum Gasteiger partial charge on any atom is -0.490 e. The van der Waals surface area contributed by atoms with Crippen LogP contribution < -0.4 is 10.5 Å². The van der Waals surface area contributed by atoms with Gasteiger partial charge in [-0.05, 0) is 25.0 Å². The Morgan fingerprint density at radius 3 is 2.70 bits per heavy atom. The second-order valence-electron chi connectivity index (χ2n) is 5.34. The zero-order chi connectivity index (χ0) is 14.6. The van der Waals surface area contributed by atoms with Crippen molar-refractivity contribution in [3.05, 3.63) is 29.3 Å². The van der Waals surface area contributed by atoms with Crippen LogP contribution in [-0.2, 0) is 4.79 Å². The molecule has 1 aliphatic rings. The fourth-order valence-electron chi connectivity index (χ4n) is 2.47. The molecule has 1 aliphatic carbocycles. The third-order valence-corrected chi connectivity index (χ3v) is 4.33. The maximum Gasteiger partial charge on any atom is 0.229 e. The quantitative estimate of drug-likeness (QED) is 0.876. The van der Waals surface area contributed by atoms with Gasteiger partial charge in [-0.2, -0.15) is 0 Å². The molecule has 1 fully saturated rings. The van der Waals surface area contributed by atoms with Gasteiger partial charge in [0.05, 0.1) is 17.0 Å². The Kier molecular flexibility index (Phi) is 4.89. The van der Waals surface area contributed by atoms with E-state index >= 15 is 0 Å². The van der Waals surface area contributed by atoms with Gasteiger partial charge in [-0.1, -0.05) is 30.2 Å². The SMILES string of the molecule is CN(CCOc1ccccc1Cl)C(=O)C1(CN)CCC1. The summed E-state index contributed by atoms with van der Waals surface area (Å²) >= 11 is 6.01. The summed E-state index contributed by atoms with van der Waals surface area (Å²) in [6.45, 7) is 1.39. The number of rotatable bonds is 6. The predicted octanol–water partition coefficient (Wildman–Crippen LogP) is 2.31. The highest BCUT2D eigenvalue weighted by molar-refractivity contribution is 6.32. The summed E-state index contributed by atoms with van der Waals surface area (Å²) in [5.74, 6) is 0.779.